The fourth-order valence-corrected chi connectivity index (χ4v) is 3.01. The van der Waals surface area contributed by atoms with E-state index in [0.29, 0.717) is 36.6 Å². The molecule has 0 radical (unpaired) electrons. The molecule has 2 heterocycles. The van der Waals surface area contributed by atoms with Crippen LogP contribution in [0, 0.1) is 0 Å². The average molecular weight is 384 g/mol. The van der Waals surface area contributed by atoms with Crippen LogP contribution in [0.4, 0.5) is 11.8 Å². The lowest BCUT2D eigenvalue weighted by atomic mass is 10.1. The van der Waals surface area contributed by atoms with Gasteiger partial charge < -0.3 is 20.5 Å². The van der Waals surface area contributed by atoms with Crippen molar-refractivity contribution in [2.75, 3.05) is 30.8 Å². The lowest BCUT2D eigenvalue weighted by molar-refractivity contribution is 0.314. The molecule has 0 bridgehead atoms. The number of hydrogen-bond acceptors (Lipinski definition) is 7. The van der Waals surface area contributed by atoms with Gasteiger partial charge in [-0.2, -0.15) is 10.1 Å². The summed E-state index contributed by atoms with van der Waals surface area (Å²) in [6.07, 6.45) is 4.02. The van der Waals surface area contributed by atoms with Crippen LogP contribution in [-0.2, 0) is 6.54 Å². The van der Waals surface area contributed by atoms with Crippen molar-refractivity contribution in [3.05, 3.63) is 30.0 Å². The number of anilines is 2. The van der Waals surface area contributed by atoms with Gasteiger partial charge in [0.05, 0.1) is 31.5 Å². The quantitative estimate of drug-likeness (QED) is 0.516. The van der Waals surface area contributed by atoms with Crippen molar-refractivity contribution in [1.82, 2.24) is 19.7 Å². The van der Waals surface area contributed by atoms with Crippen molar-refractivity contribution in [1.29, 1.82) is 0 Å². The number of aromatic nitrogens is 4. The molecule has 3 rings (SSSR count). The highest BCUT2D eigenvalue weighted by atomic mass is 16.5. The van der Waals surface area contributed by atoms with Gasteiger partial charge in [-0.25, -0.2) is 4.98 Å². The summed E-state index contributed by atoms with van der Waals surface area (Å²) >= 11 is 0. The van der Waals surface area contributed by atoms with Gasteiger partial charge in [-0.3, -0.25) is 4.68 Å². The third kappa shape index (κ3) is 4.44. The maximum atomic E-state index is 5.88. The Morgan fingerprint density at radius 3 is 2.43 bits per heavy atom. The van der Waals surface area contributed by atoms with Crippen LogP contribution < -0.4 is 20.5 Å². The van der Waals surface area contributed by atoms with Crippen LogP contribution in [0.2, 0.25) is 0 Å². The van der Waals surface area contributed by atoms with Crippen molar-refractivity contribution in [2.45, 2.75) is 40.2 Å². The summed E-state index contributed by atoms with van der Waals surface area (Å²) in [6.45, 7) is 8.55. The predicted octanol–water partition coefficient (Wildman–Crippen LogP) is 3.47. The van der Waals surface area contributed by atoms with Crippen LogP contribution in [0.25, 0.3) is 11.0 Å². The Labute approximate surface area is 165 Å². The second-order valence-corrected chi connectivity index (χ2v) is 6.37. The first-order chi connectivity index (χ1) is 13.7. The fourth-order valence-electron chi connectivity index (χ4n) is 3.01. The van der Waals surface area contributed by atoms with Crippen LogP contribution in [0.5, 0.6) is 11.5 Å². The molecule has 3 N–H and O–H groups in total. The van der Waals surface area contributed by atoms with E-state index >= 15 is 0 Å². The summed E-state index contributed by atoms with van der Waals surface area (Å²) in [6, 6.07) is 5.82. The van der Waals surface area contributed by atoms with E-state index < -0.39 is 0 Å². The maximum absolute atomic E-state index is 5.88. The molecule has 0 aliphatic rings. The molecule has 0 amide bonds. The molecular weight excluding hydrogens is 356 g/mol. The first kappa shape index (κ1) is 19.7. The Kier molecular flexibility index (Phi) is 6.52. The van der Waals surface area contributed by atoms with Gasteiger partial charge in [0.15, 0.2) is 11.3 Å². The summed E-state index contributed by atoms with van der Waals surface area (Å²) in [7, 11) is 0. The summed E-state index contributed by atoms with van der Waals surface area (Å²) in [5, 5.41) is 8.01. The van der Waals surface area contributed by atoms with Crippen molar-refractivity contribution in [2.24, 2.45) is 0 Å². The molecule has 0 unspecified atom stereocenters. The number of hydrogen-bond donors (Lipinski definition) is 2. The first-order valence-corrected chi connectivity index (χ1v) is 9.78. The third-order valence-corrected chi connectivity index (χ3v) is 4.26. The van der Waals surface area contributed by atoms with Gasteiger partial charge in [-0.05, 0) is 32.4 Å². The van der Waals surface area contributed by atoms with Crippen LogP contribution in [0.3, 0.4) is 0 Å². The van der Waals surface area contributed by atoms with Crippen molar-refractivity contribution in [3.8, 4) is 11.5 Å². The van der Waals surface area contributed by atoms with Crippen molar-refractivity contribution >= 4 is 22.8 Å². The second kappa shape index (κ2) is 9.25. The Balaban J connectivity index is 1.96. The minimum Gasteiger partial charge on any atom is -0.493 e. The lowest BCUT2D eigenvalue weighted by Crippen LogP contribution is -2.08. The average Bonchev–Trinajstić information content (AvgIpc) is 3.07. The van der Waals surface area contributed by atoms with Crippen LogP contribution in [0.15, 0.2) is 24.4 Å². The maximum Gasteiger partial charge on any atom is 0.222 e. The van der Waals surface area contributed by atoms with Gasteiger partial charge >= 0.3 is 0 Å². The number of benzene rings is 1. The van der Waals surface area contributed by atoms with E-state index in [1.54, 1.807) is 0 Å². The molecule has 3 aromatic rings. The van der Waals surface area contributed by atoms with Crippen LogP contribution in [-0.4, -0.2) is 39.5 Å². The van der Waals surface area contributed by atoms with E-state index in [1.807, 2.05) is 42.9 Å². The van der Waals surface area contributed by atoms with Crippen molar-refractivity contribution in [3.63, 3.8) is 0 Å². The molecule has 150 valence electrons. The van der Waals surface area contributed by atoms with E-state index in [2.05, 4.69) is 22.2 Å². The molecule has 0 saturated carbocycles. The molecule has 0 atom stereocenters. The smallest absolute Gasteiger partial charge is 0.222 e. The molecule has 2 aromatic heterocycles. The second-order valence-electron chi connectivity index (χ2n) is 6.37. The van der Waals surface area contributed by atoms with Gasteiger partial charge in [-0.1, -0.05) is 19.4 Å². The summed E-state index contributed by atoms with van der Waals surface area (Å²) < 4.78 is 13.4. The van der Waals surface area contributed by atoms with Crippen LogP contribution in [0.1, 0.15) is 39.2 Å². The molecule has 0 aliphatic carbocycles. The Bertz CT molecular complexity index is 900. The minimum atomic E-state index is 0.232. The summed E-state index contributed by atoms with van der Waals surface area (Å²) in [4.78, 5) is 8.64. The zero-order valence-electron chi connectivity index (χ0n) is 16.7. The van der Waals surface area contributed by atoms with Gasteiger partial charge in [0.2, 0.25) is 5.95 Å². The zero-order valence-corrected chi connectivity index (χ0v) is 16.7. The molecule has 1 aromatic carbocycles. The number of nitrogen functional groups attached to an aromatic ring is 1. The van der Waals surface area contributed by atoms with E-state index in [9.17, 15) is 0 Å². The normalized spacial score (nSPS) is 11.0. The van der Waals surface area contributed by atoms with E-state index in [1.165, 1.54) is 0 Å². The molecular formula is C20H28N6O2. The highest BCUT2D eigenvalue weighted by molar-refractivity contribution is 5.85. The fraction of sp³-hybridized carbons (Fsp3) is 0.450. The van der Waals surface area contributed by atoms with Crippen molar-refractivity contribution < 1.29 is 9.47 Å². The number of nitrogens with zero attached hydrogens (tertiary/aromatic N) is 4. The molecule has 0 aliphatic heterocycles. The predicted molar refractivity (Wildman–Crippen MR) is 111 cm³/mol. The van der Waals surface area contributed by atoms with E-state index in [-0.39, 0.29) is 5.95 Å². The van der Waals surface area contributed by atoms with E-state index in [4.69, 9.17) is 20.3 Å². The number of nitrogens with one attached hydrogen (secondary N) is 1. The third-order valence-electron chi connectivity index (χ3n) is 4.26. The molecule has 0 saturated heterocycles. The topological polar surface area (TPSA) is 100 Å². The number of nitrogens with two attached hydrogens (primary N) is 1. The number of unbranched alkanes of at least 4 members (excludes halogenated alkanes) is 1. The van der Waals surface area contributed by atoms with Gasteiger partial charge in [0.25, 0.3) is 0 Å². The number of ether oxygens (including phenoxy) is 2. The standard InChI is InChI=1S/C20H28N6O2/c1-4-7-11-22-19-18-15(23-20(21)24-19)13-26(25-18)12-14-16(27-5-2)9-8-10-17(14)28-6-3/h8-10,13H,4-7,11-12H2,1-3H3,(H3,21,22,23,24). The zero-order chi connectivity index (χ0) is 19.9. The summed E-state index contributed by atoms with van der Waals surface area (Å²) in [5.41, 5.74) is 8.24. The molecule has 8 heteroatoms. The minimum absolute atomic E-state index is 0.232. The van der Waals surface area contributed by atoms with Crippen LogP contribution >= 0.6 is 0 Å². The molecule has 0 spiro atoms. The Morgan fingerprint density at radius 1 is 1.07 bits per heavy atom. The Morgan fingerprint density at radius 2 is 1.79 bits per heavy atom. The van der Waals surface area contributed by atoms with Gasteiger partial charge in [-0.15, -0.1) is 0 Å². The lowest BCUT2D eigenvalue weighted by Gasteiger charge is -2.15. The van der Waals surface area contributed by atoms with Gasteiger partial charge in [0, 0.05) is 6.54 Å². The molecule has 28 heavy (non-hydrogen) atoms. The number of rotatable bonds is 10. The Hall–Kier alpha value is -3.03. The highest BCUT2D eigenvalue weighted by Crippen LogP contribution is 2.30. The monoisotopic (exact) mass is 384 g/mol. The largest absolute Gasteiger partial charge is 0.493 e. The summed E-state index contributed by atoms with van der Waals surface area (Å²) in [5.74, 6) is 2.48. The molecule has 8 nitrogen and oxygen atoms in total. The highest BCUT2D eigenvalue weighted by Gasteiger charge is 2.15. The number of fused-ring (bicyclic) bond motifs is 1. The first-order valence-electron chi connectivity index (χ1n) is 9.78. The molecule has 0 fully saturated rings. The van der Waals surface area contributed by atoms with E-state index in [0.717, 1.165) is 36.4 Å². The SMILES string of the molecule is CCCCNc1nc(N)nc2cn(Cc3c(OCC)cccc3OCC)nc12. The van der Waals surface area contributed by atoms with Gasteiger partial charge in [0.1, 0.15) is 17.0 Å².